The lowest BCUT2D eigenvalue weighted by molar-refractivity contribution is -0.164. The molecule has 4 atom stereocenters. The van der Waals surface area contributed by atoms with Crippen molar-refractivity contribution in [2.45, 2.75) is 24.4 Å². The van der Waals surface area contributed by atoms with Gasteiger partial charge in [0.1, 0.15) is 18.3 Å². The number of carbonyl (C=O) groups is 1. The molecule has 17 heavy (non-hydrogen) atoms. The zero-order valence-electron chi connectivity index (χ0n) is 9.44. The van der Waals surface area contributed by atoms with Crippen LogP contribution in [0, 0.1) is 0 Å². The van der Waals surface area contributed by atoms with Gasteiger partial charge in [0.25, 0.3) is 0 Å². The van der Waals surface area contributed by atoms with Gasteiger partial charge < -0.3 is 42.9 Å². The van der Waals surface area contributed by atoms with Crippen LogP contribution in [0.4, 0.5) is 0 Å². The van der Waals surface area contributed by atoms with Gasteiger partial charge in [-0.2, -0.15) is 0 Å². The Hall–Kier alpha value is -1.07. The first-order valence-corrected chi connectivity index (χ1v) is 3.97. The van der Waals surface area contributed by atoms with Gasteiger partial charge in [-0.3, -0.25) is 0 Å². The monoisotopic (exact) mass is 258 g/mol. The molecule has 0 fully saturated rings. The van der Waals surface area contributed by atoms with E-state index in [-0.39, 0.29) is 12.3 Å². The van der Waals surface area contributed by atoms with Crippen molar-refractivity contribution in [3.8, 4) is 0 Å². The average molecular weight is 258 g/mol. The molecule has 0 saturated carbocycles. The fourth-order valence-corrected chi connectivity index (χ4v) is 0.668. The van der Waals surface area contributed by atoms with Crippen molar-refractivity contribution in [1.29, 1.82) is 0 Å². The summed E-state index contributed by atoms with van der Waals surface area (Å²) in [4.78, 5) is 10.1. The summed E-state index contributed by atoms with van der Waals surface area (Å²) < 4.78 is 0. The lowest BCUT2D eigenvalue weighted by atomic mass is 10.0. The molecule has 0 bridgehead atoms. The van der Waals surface area contributed by atoms with Crippen molar-refractivity contribution in [2.24, 2.45) is 0 Å². The summed E-state index contributed by atoms with van der Waals surface area (Å²) >= 11 is 0. The highest BCUT2D eigenvalue weighted by atomic mass is 16.4. The molecular weight excluding hydrogens is 236 g/mol. The van der Waals surface area contributed by atoms with Crippen LogP contribution in [0.25, 0.3) is 0 Å². The van der Waals surface area contributed by atoms with E-state index in [1.54, 1.807) is 0 Å². The van der Waals surface area contributed by atoms with Crippen LogP contribution in [-0.2, 0) is 4.79 Å². The second-order valence-electron chi connectivity index (χ2n) is 2.51. The summed E-state index contributed by atoms with van der Waals surface area (Å²) in [5, 5.41) is 51.8. The number of hydrogen-bond acceptors (Lipinski definition) is 8. The van der Waals surface area contributed by atoms with Crippen molar-refractivity contribution in [3.05, 3.63) is 13.2 Å². The van der Waals surface area contributed by atoms with Crippen LogP contribution < -0.4 is 12.3 Å². The molecule has 12 N–H and O–H groups in total. The van der Waals surface area contributed by atoms with E-state index in [4.69, 9.17) is 30.6 Å². The van der Waals surface area contributed by atoms with Crippen LogP contribution >= 0.6 is 0 Å². The zero-order chi connectivity index (χ0) is 12.6. The molecule has 0 rings (SSSR count). The molecule has 9 heteroatoms. The molecule has 0 aromatic carbocycles. The smallest absolute Gasteiger partial charge is 0.335 e. The van der Waals surface area contributed by atoms with Gasteiger partial charge in [0.05, 0.1) is 6.61 Å². The first kappa shape index (κ1) is 24.9. The highest BCUT2D eigenvalue weighted by Crippen LogP contribution is 2.04. The topological polar surface area (TPSA) is 208 Å². The second-order valence-corrected chi connectivity index (χ2v) is 2.51. The molecule has 0 aliphatic heterocycles. The van der Waals surface area contributed by atoms with Gasteiger partial charge in [0.15, 0.2) is 6.10 Å². The van der Waals surface area contributed by atoms with Crippen molar-refractivity contribution >= 4 is 5.97 Å². The predicted molar refractivity (Wildman–Crippen MR) is 60.0 cm³/mol. The van der Waals surface area contributed by atoms with Crippen molar-refractivity contribution in [2.75, 3.05) is 6.61 Å². The van der Waals surface area contributed by atoms with Crippen molar-refractivity contribution in [1.82, 2.24) is 12.3 Å². The number of aliphatic carboxylic acids is 1. The molecule has 0 aromatic heterocycles. The lowest BCUT2D eigenvalue weighted by Crippen LogP contribution is -2.48. The number of carboxylic acid groups (broad SMARTS) is 1. The Morgan fingerprint density at radius 1 is 1.00 bits per heavy atom. The molecule has 0 amide bonds. The van der Waals surface area contributed by atoms with Gasteiger partial charge in [0, 0.05) is 0 Å². The van der Waals surface area contributed by atoms with E-state index in [9.17, 15) is 4.79 Å². The molecule has 9 nitrogen and oxygen atoms in total. The van der Waals surface area contributed by atoms with Crippen LogP contribution in [-0.4, -0.2) is 67.6 Å². The Kier molecular flexibility index (Phi) is 19.1. The van der Waals surface area contributed by atoms with Crippen LogP contribution in [0.15, 0.2) is 13.2 Å². The lowest BCUT2D eigenvalue weighted by Gasteiger charge is -2.23. The maximum Gasteiger partial charge on any atom is 0.335 e. The minimum absolute atomic E-state index is 0. The highest BCUT2D eigenvalue weighted by Gasteiger charge is 2.33. The Labute approximate surface area is 98.8 Å². The first-order chi connectivity index (χ1) is 6.91. The molecule has 0 spiro atoms. The van der Waals surface area contributed by atoms with Crippen LogP contribution in [0.1, 0.15) is 0 Å². The Morgan fingerprint density at radius 3 is 1.59 bits per heavy atom. The normalized spacial score (nSPS) is 15.8. The molecule has 0 radical (unpaired) electrons. The Bertz CT molecular complexity index is 193. The number of hydrogen-bond donors (Lipinski definition) is 8. The van der Waals surface area contributed by atoms with E-state index in [0.717, 1.165) is 0 Å². The van der Waals surface area contributed by atoms with E-state index in [0.29, 0.717) is 0 Å². The van der Waals surface area contributed by atoms with E-state index in [1.165, 1.54) is 0 Å². The van der Waals surface area contributed by atoms with Gasteiger partial charge in [-0.1, -0.05) is 0 Å². The third kappa shape index (κ3) is 8.71. The van der Waals surface area contributed by atoms with E-state index in [2.05, 4.69) is 13.2 Å². The second kappa shape index (κ2) is 13.0. The summed E-state index contributed by atoms with van der Waals surface area (Å²) in [5.74, 6) is -1.73. The third-order valence-corrected chi connectivity index (χ3v) is 1.51. The van der Waals surface area contributed by atoms with Gasteiger partial charge in [-0.15, -0.1) is 13.2 Å². The molecule has 0 aliphatic rings. The zero-order valence-corrected chi connectivity index (χ0v) is 9.44. The van der Waals surface area contributed by atoms with Crippen LogP contribution in [0.3, 0.4) is 0 Å². The van der Waals surface area contributed by atoms with Crippen molar-refractivity contribution < 1.29 is 35.4 Å². The van der Waals surface area contributed by atoms with Gasteiger partial charge >= 0.3 is 5.97 Å². The maximum atomic E-state index is 10.1. The number of aliphatic hydroxyl groups is 5. The molecule has 0 aromatic rings. The molecule has 106 valence electrons. The van der Waals surface area contributed by atoms with Gasteiger partial charge in [-0.05, 0) is 0 Å². The van der Waals surface area contributed by atoms with Crippen LogP contribution in [0.5, 0.6) is 0 Å². The fraction of sp³-hybridized carbons (Fsp3) is 0.625. The third-order valence-electron chi connectivity index (χ3n) is 1.51. The summed E-state index contributed by atoms with van der Waals surface area (Å²) in [7, 11) is 0. The highest BCUT2D eigenvalue weighted by molar-refractivity contribution is 5.72. The number of rotatable bonds is 5. The molecular formula is C8H22N2O7. The van der Waals surface area contributed by atoms with Gasteiger partial charge in [0.2, 0.25) is 0 Å². The van der Waals surface area contributed by atoms with Crippen LogP contribution in [0.2, 0.25) is 0 Å². The molecule has 0 heterocycles. The fourth-order valence-electron chi connectivity index (χ4n) is 0.668. The quantitative estimate of drug-likeness (QED) is 0.247. The Morgan fingerprint density at radius 2 is 1.35 bits per heavy atom. The predicted octanol–water partition coefficient (Wildman–Crippen LogP) is -2.37. The minimum Gasteiger partial charge on any atom is -0.479 e. The molecule has 0 aliphatic carbocycles. The summed E-state index contributed by atoms with van der Waals surface area (Å²) in [5.41, 5.74) is 0. The Balaban J connectivity index is -0.000000199. The summed E-state index contributed by atoms with van der Waals surface area (Å²) in [6.07, 6.45) is -7.84. The number of aliphatic hydroxyl groups excluding tert-OH is 5. The van der Waals surface area contributed by atoms with Crippen molar-refractivity contribution in [3.63, 3.8) is 0 Å². The van der Waals surface area contributed by atoms with E-state index < -0.39 is 37.0 Å². The van der Waals surface area contributed by atoms with E-state index in [1.807, 2.05) is 0 Å². The maximum absolute atomic E-state index is 10.1. The molecule has 0 unspecified atom stereocenters. The minimum atomic E-state index is -2.20. The number of carboxylic acids is 1. The molecule has 0 saturated heterocycles. The summed E-state index contributed by atoms with van der Waals surface area (Å²) in [6, 6.07) is 0. The van der Waals surface area contributed by atoms with Gasteiger partial charge in [-0.25, -0.2) is 4.79 Å². The first-order valence-electron chi connectivity index (χ1n) is 3.97. The standard InChI is InChI=1S/C6H12O7.C2H4.2H3N/c7-1-2(8)3(9)4(10)5(11)6(12)13;1-2;;/h2-5,7-11H,1H2,(H,12,13);1-2H2;2*1H3/t2-,3-,4+,5-;;;/m1.../s1. The SMILES string of the molecule is C=C.N.N.O=C(O)[C@H](O)[C@@H](O)[C@H](O)[C@H](O)CO. The van der Waals surface area contributed by atoms with E-state index >= 15 is 0 Å². The average Bonchev–Trinajstić information content (AvgIpc) is 2.27. The largest absolute Gasteiger partial charge is 0.479 e. The summed E-state index contributed by atoms with van der Waals surface area (Å²) in [6.45, 7) is 5.16.